The molecule has 172 valence electrons. The second kappa shape index (κ2) is 10.0. The molecule has 0 saturated carbocycles. The smallest absolute Gasteiger partial charge is 0.338 e. The molecule has 7 nitrogen and oxygen atoms in total. The van der Waals surface area contributed by atoms with E-state index in [1.165, 1.54) is 11.1 Å². The van der Waals surface area contributed by atoms with Crippen LogP contribution in [0.3, 0.4) is 0 Å². The molecular weight excluding hydrogens is 504 g/mol. The largest absolute Gasteiger partial charge is 0.496 e. The van der Waals surface area contributed by atoms with Crippen LogP contribution in [0.25, 0.3) is 0 Å². The first kappa shape index (κ1) is 23.4. The molecule has 0 aliphatic carbocycles. The van der Waals surface area contributed by atoms with E-state index in [2.05, 4.69) is 52.4 Å². The number of fused-ring (bicyclic) bond motifs is 1. The van der Waals surface area contributed by atoms with Gasteiger partial charge in [-0.15, -0.1) is 5.10 Å². The molecule has 4 rings (SSSR count). The van der Waals surface area contributed by atoms with Crippen LogP contribution in [0.2, 0.25) is 0 Å². The van der Waals surface area contributed by atoms with Crippen molar-refractivity contribution in [3.8, 4) is 5.75 Å². The van der Waals surface area contributed by atoms with Gasteiger partial charge in [-0.3, -0.25) is 0 Å². The predicted octanol–water partition coefficient (Wildman–Crippen LogP) is 5.50. The van der Waals surface area contributed by atoms with Gasteiger partial charge < -0.3 is 14.8 Å². The zero-order valence-corrected chi connectivity index (χ0v) is 21.3. The molecule has 0 fully saturated rings. The Balaban J connectivity index is 1.72. The number of ether oxygens (including phenoxy) is 2. The number of nitrogens with one attached hydrogen (secondary N) is 1. The molecule has 0 spiro atoms. The topological polar surface area (TPSA) is 78.3 Å². The van der Waals surface area contributed by atoms with Crippen LogP contribution in [0, 0.1) is 6.92 Å². The van der Waals surface area contributed by atoms with Crippen LogP contribution >= 0.6 is 27.7 Å². The minimum atomic E-state index is -0.483. The average Bonchev–Trinajstić information content (AvgIpc) is 3.19. The number of nitrogens with zero attached hydrogens (tertiary/aromatic N) is 3. The van der Waals surface area contributed by atoms with Crippen LogP contribution in [0.4, 0.5) is 5.95 Å². The molecule has 1 aromatic heterocycles. The van der Waals surface area contributed by atoms with Gasteiger partial charge in [-0.2, -0.15) is 4.98 Å². The first-order valence-electron chi connectivity index (χ1n) is 10.5. The van der Waals surface area contributed by atoms with Gasteiger partial charge in [-0.1, -0.05) is 47.7 Å². The number of esters is 1. The minimum absolute atomic E-state index is 0.288. The number of aryl methyl sites for hydroxylation is 1. The van der Waals surface area contributed by atoms with Gasteiger partial charge in [-0.25, -0.2) is 9.48 Å². The summed E-state index contributed by atoms with van der Waals surface area (Å²) in [4.78, 5) is 17.6. The number of hydrogen-bond donors (Lipinski definition) is 1. The predicted molar refractivity (Wildman–Crippen MR) is 133 cm³/mol. The fourth-order valence-corrected chi connectivity index (χ4v) is 5.11. The maximum atomic E-state index is 12.9. The van der Waals surface area contributed by atoms with Gasteiger partial charge in [0.05, 0.1) is 23.8 Å². The van der Waals surface area contributed by atoms with Crippen molar-refractivity contribution in [3.63, 3.8) is 0 Å². The Labute approximate surface area is 205 Å². The summed E-state index contributed by atoms with van der Waals surface area (Å²) in [6.45, 7) is 6.02. The van der Waals surface area contributed by atoms with E-state index in [-0.39, 0.29) is 12.6 Å². The van der Waals surface area contributed by atoms with Crippen LogP contribution in [0.5, 0.6) is 5.75 Å². The summed E-state index contributed by atoms with van der Waals surface area (Å²) >= 11 is 5.11. The summed E-state index contributed by atoms with van der Waals surface area (Å²) in [5.41, 5.74) is 4.49. The SMILES string of the molecule is CCOC(=O)C1=C(C)Nc2nc(SCc3cccc(C)c3)nn2C1c1ccc(OC)c(Br)c1. The Morgan fingerprint density at radius 2 is 2.06 bits per heavy atom. The number of allylic oxidation sites excluding steroid dienone is 1. The van der Waals surface area contributed by atoms with Crippen molar-refractivity contribution in [1.29, 1.82) is 0 Å². The molecule has 33 heavy (non-hydrogen) atoms. The molecule has 0 radical (unpaired) electrons. The van der Waals surface area contributed by atoms with Crippen molar-refractivity contribution in [3.05, 3.63) is 74.9 Å². The number of methoxy groups -OCH3 is 1. The summed E-state index contributed by atoms with van der Waals surface area (Å²) < 4.78 is 13.3. The number of carbonyl (C=O) groups excluding carboxylic acids is 1. The van der Waals surface area contributed by atoms with Gasteiger partial charge in [0.1, 0.15) is 11.8 Å². The standard InChI is InChI=1S/C24H25BrN4O3S/c1-5-32-22(30)20-15(3)26-23-27-24(33-13-16-8-6-7-14(2)11-16)28-29(23)21(20)17-9-10-19(31-4)18(25)12-17/h6-12,21H,5,13H2,1-4H3,(H,26,27,28). The molecule has 0 saturated heterocycles. The van der Waals surface area contributed by atoms with Crippen LogP contribution in [0.15, 0.2) is 63.4 Å². The zero-order valence-electron chi connectivity index (χ0n) is 18.9. The Bertz CT molecular complexity index is 1220. The lowest BCUT2D eigenvalue weighted by atomic mass is 9.96. The first-order valence-corrected chi connectivity index (χ1v) is 12.3. The Hall–Kier alpha value is -2.78. The molecule has 1 unspecified atom stereocenters. The van der Waals surface area contributed by atoms with Crippen molar-refractivity contribution in [2.24, 2.45) is 0 Å². The second-order valence-corrected chi connectivity index (χ2v) is 9.42. The van der Waals surface area contributed by atoms with Gasteiger partial charge in [0, 0.05) is 11.4 Å². The lowest BCUT2D eigenvalue weighted by Gasteiger charge is -2.28. The maximum absolute atomic E-state index is 12.9. The lowest BCUT2D eigenvalue weighted by Crippen LogP contribution is -2.29. The fraction of sp³-hybridized carbons (Fsp3) is 0.292. The number of hydrogen-bond acceptors (Lipinski definition) is 7. The average molecular weight is 529 g/mol. The third-order valence-corrected chi connectivity index (χ3v) is 6.80. The van der Waals surface area contributed by atoms with Crippen LogP contribution in [0.1, 0.15) is 36.6 Å². The number of carbonyl (C=O) groups is 1. The van der Waals surface area contributed by atoms with E-state index in [4.69, 9.17) is 19.6 Å². The van der Waals surface area contributed by atoms with Crippen molar-refractivity contribution < 1.29 is 14.3 Å². The highest BCUT2D eigenvalue weighted by molar-refractivity contribution is 9.10. The maximum Gasteiger partial charge on any atom is 0.338 e. The fourth-order valence-electron chi connectivity index (χ4n) is 3.78. The molecule has 2 heterocycles. The van der Waals surface area contributed by atoms with Gasteiger partial charge in [0.2, 0.25) is 11.1 Å². The van der Waals surface area contributed by atoms with E-state index in [0.717, 1.165) is 15.8 Å². The number of anilines is 1. The lowest BCUT2D eigenvalue weighted by molar-refractivity contribution is -0.139. The van der Waals surface area contributed by atoms with E-state index in [1.807, 2.05) is 25.1 Å². The number of thioether (sulfide) groups is 1. The third kappa shape index (κ3) is 4.94. The van der Waals surface area contributed by atoms with Gasteiger partial charge in [0.15, 0.2) is 0 Å². The highest BCUT2D eigenvalue weighted by Crippen LogP contribution is 2.39. The van der Waals surface area contributed by atoms with Crippen molar-refractivity contribution in [1.82, 2.24) is 14.8 Å². The van der Waals surface area contributed by atoms with Crippen LogP contribution in [-0.4, -0.2) is 34.5 Å². The van der Waals surface area contributed by atoms with E-state index in [1.54, 1.807) is 30.5 Å². The number of halogens is 1. The Morgan fingerprint density at radius 3 is 2.76 bits per heavy atom. The van der Waals surface area contributed by atoms with Gasteiger partial charge in [0.25, 0.3) is 0 Å². The minimum Gasteiger partial charge on any atom is -0.496 e. The van der Waals surface area contributed by atoms with Gasteiger partial charge >= 0.3 is 5.97 Å². The molecule has 1 aliphatic rings. The van der Waals surface area contributed by atoms with E-state index >= 15 is 0 Å². The zero-order chi connectivity index (χ0) is 23.5. The normalized spacial score (nSPS) is 15.1. The first-order chi connectivity index (χ1) is 15.9. The summed E-state index contributed by atoms with van der Waals surface area (Å²) in [5, 5.41) is 8.63. The van der Waals surface area contributed by atoms with Crippen molar-refractivity contribution in [2.45, 2.75) is 37.7 Å². The molecule has 2 aromatic carbocycles. The van der Waals surface area contributed by atoms with E-state index < -0.39 is 6.04 Å². The van der Waals surface area contributed by atoms with Crippen molar-refractivity contribution in [2.75, 3.05) is 19.0 Å². The molecule has 0 bridgehead atoms. The molecule has 3 aromatic rings. The number of rotatable bonds is 7. The Kier molecular flexibility index (Phi) is 7.09. The number of benzene rings is 2. The van der Waals surface area contributed by atoms with E-state index in [0.29, 0.717) is 28.1 Å². The van der Waals surface area contributed by atoms with Crippen LogP contribution < -0.4 is 10.1 Å². The van der Waals surface area contributed by atoms with E-state index in [9.17, 15) is 4.79 Å². The molecule has 1 atom stereocenters. The molecule has 1 aliphatic heterocycles. The summed E-state index contributed by atoms with van der Waals surface area (Å²) in [6.07, 6.45) is 0. The summed E-state index contributed by atoms with van der Waals surface area (Å²) in [5.74, 6) is 1.67. The molecular formula is C24H25BrN4O3S. The quantitative estimate of drug-likeness (QED) is 0.320. The highest BCUT2D eigenvalue weighted by atomic mass is 79.9. The highest BCUT2D eigenvalue weighted by Gasteiger charge is 2.35. The number of aromatic nitrogens is 3. The molecule has 0 amide bonds. The van der Waals surface area contributed by atoms with Gasteiger partial charge in [-0.05, 0) is 60.0 Å². The van der Waals surface area contributed by atoms with Crippen molar-refractivity contribution >= 4 is 39.6 Å². The van der Waals surface area contributed by atoms with Crippen LogP contribution in [-0.2, 0) is 15.3 Å². The Morgan fingerprint density at radius 1 is 1.24 bits per heavy atom. The summed E-state index contributed by atoms with van der Waals surface area (Å²) in [6, 6.07) is 13.6. The molecule has 1 N–H and O–H groups in total. The second-order valence-electron chi connectivity index (χ2n) is 7.62. The summed E-state index contributed by atoms with van der Waals surface area (Å²) in [7, 11) is 1.62. The third-order valence-electron chi connectivity index (χ3n) is 5.27. The monoisotopic (exact) mass is 528 g/mol. The molecule has 9 heteroatoms.